The van der Waals surface area contributed by atoms with Gasteiger partial charge < -0.3 is 54.8 Å². The molecule has 6 aliphatic rings. The second kappa shape index (κ2) is 24.6. The molecule has 3 fully saturated rings. The zero-order valence-electron chi connectivity index (χ0n) is 44.1. The van der Waals surface area contributed by atoms with E-state index in [1.807, 2.05) is 64.6 Å². The fraction of sp³-hybridized carbons (Fsp3) is 0.625. The van der Waals surface area contributed by atoms with Crippen LogP contribution in [0.1, 0.15) is 135 Å². The summed E-state index contributed by atoms with van der Waals surface area (Å²) >= 11 is 1.88. The van der Waals surface area contributed by atoms with Gasteiger partial charge in [0.05, 0.1) is 62.9 Å². The highest BCUT2D eigenvalue weighted by Gasteiger charge is 2.61. The fourth-order valence-corrected chi connectivity index (χ4v) is 12.0. The van der Waals surface area contributed by atoms with Gasteiger partial charge in [-0.1, -0.05) is 41.9 Å². The molecule has 7 atom stereocenters. The van der Waals surface area contributed by atoms with E-state index in [1.54, 1.807) is 19.1 Å². The number of urea groups is 1. The Hall–Kier alpha value is -4.94. The Balaban J connectivity index is 0.881. The van der Waals surface area contributed by atoms with Crippen molar-refractivity contribution in [3.05, 3.63) is 69.4 Å². The second-order valence-electron chi connectivity index (χ2n) is 21.4. The number of benzene rings is 1. The van der Waals surface area contributed by atoms with E-state index >= 15 is 0 Å². The van der Waals surface area contributed by atoms with Gasteiger partial charge in [0.15, 0.2) is 23.3 Å². The van der Waals surface area contributed by atoms with Crippen molar-refractivity contribution in [2.24, 2.45) is 5.92 Å². The van der Waals surface area contributed by atoms with Crippen molar-refractivity contribution < 1.29 is 57.5 Å². The molecule has 7 unspecified atom stereocenters. The maximum Gasteiger partial charge on any atom is 0.315 e. The second-order valence-corrected chi connectivity index (χ2v) is 22.7. The summed E-state index contributed by atoms with van der Waals surface area (Å²) in [6.07, 6.45) is 16.2. The van der Waals surface area contributed by atoms with Crippen molar-refractivity contribution >= 4 is 47.2 Å². The summed E-state index contributed by atoms with van der Waals surface area (Å²) in [4.78, 5) is 66.9. The minimum atomic E-state index is -1.66. The summed E-state index contributed by atoms with van der Waals surface area (Å²) in [6, 6.07) is 0.324. The van der Waals surface area contributed by atoms with Gasteiger partial charge in [-0.05, 0) is 112 Å². The van der Waals surface area contributed by atoms with E-state index in [2.05, 4.69) is 41.2 Å². The predicted octanol–water partition coefficient (Wildman–Crippen LogP) is 7.55. The molecule has 5 heterocycles. The molecule has 3 saturated heterocycles. The number of hydrogen-bond acceptors (Lipinski definition) is 13. The number of carbonyl (C=O) groups is 5. The Morgan fingerprint density at radius 2 is 1.59 bits per heavy atom. The van der Waals surface area contributed by atoms with E-state index in [-0.39, 0.29) is 77.9 Å². The highest BCUT2D eigenvalue weighted by Crippen LogP contribution is 2.55. The minimum absolute atomic E-state index is 0.00385. The van der Waals surface area contributed by atoms with Crippen LogP contribution in [0.15, 0.2) is 52.7 Å². The van der Waals surface area contributed by atoms with Crippen LogP contribution in [0.2, 0.25) is 0 Å². The molecule has 73 heavy (non-hydrogen) atoms. The number of phenols is 1. The van der Waals surface area contributed by atoms with Crippen molar-refractivity contribution in [1.29, 1.82) is 0 Å². The molecule has 1 aliphatic carbocycles. The van der Waals surface area contributed by atoms with Crippen LogP contribution >= 0.6 is 11.8 Å². The molecule has 5 aliphatic heterocycles. The van der Waals surface area contributed by atoms with Crippen LogP contribution in [0.4, 0.5) is 4.79 Å². The Kier molecular flexibility index (Phi) is 18.8. The van der Waals surface area contributed by atoms with Crippen molar-refractivity contribution in [3.63, 3.8) is 0 Å². The van der Waals surface area contributed by atoms with Crippen LogP contribution in [-0.2, 0) is 39.8 Å². The van der Waals surface area contributed by atoms with Crippen molar-refractivity contribution in [3.8, 4) is 17.2 Å². The van der Waals surface area contributed by atoms with Crippen molar-refractivity contribution in [2.45, 2.75) is 160 Å². The largest absolute Gasteiger partial charge is 0.506 e. The average Bonchev–Trinajstić information content (AvgIpc) is 3.88. The third kappa shape index (κ3) is 13.7. The molecule has 2 bridgehead atoms. The monoisotopic (exact) mass is 1030 g/mol. The molecule has 0 radical (unpaired) electrons. The Labute approximate surface area is 435 Å². The van der Waals surface area contributed by atoms with Gasteiger partial charge in [-0.2, -0.15) is 11.8 Å². The number of thioether (sulfide) groups is 1. The average molecular weight is 1030 g/mol. The quantitative estimate of drug-likeness (QED) is 0.0278. The zero-order chi connectivity index (χ0) is 52.5. The van der Waals surface area contributed by atoms with Gasteiger partial charge in [0.25, 0.3) is 0 Å². The topological polar surface area (TPSA) is 209 Å². The Bertz CT molecular complexity index is 2400. The van der Waals surface area contributed by atoms with E-state index < -0.39 is 34.6 Å². The van der Waals surface area contributed by atoms with E-state index in [9.17, 15) is 29.1 Å². The molecule has 400 valence electrons. The van der Waals surface area contributed by atoms with E-state index in [0.29, 0.717) is 99.4 Å². The van der Waals surface area contributed by atoms with E-state index in [1.165, 1.54) is 5.57 Å². The summed E-state index contributed by atoms with van der Waals surface area (Å²) in [6.45, 7) is 18.3. The molecule has 16 nitrogen and oxygen atoms in total. The van der Waals surface area contributed by atoms with Gasteiger partial charge >= 0.3 is 6.03 Å². The molecule has 7 rings (SSSR count). The van der Waals surface area contributed by atoms with Gasteiger partial charge in [0.1, 0.15) is 28.4 Å². The summed E-state index contributed by atoms with van der Waals surface area (Å²) < 4.78 is 37.5. The number of unbranched alkanes of at least 4 members (excludes halogenated alkanes) is 1. The van der Waals surface area contributed by atoms with Crippen molar-refractivity contribution in [2.75, 3.05) is 58.5 Å². The van der Waals surface area contributed by atoms with Crippen LogP contribution in [-0.4, -0.2) is 133 Å². The highest BCUT2D eigenvalue weighted by molar-refractivity contribution is 8.00. The summed E-state index contributed by atoms with van der Waals surface area (Å²) in [5.74, 6) is -0.292. The van der Waals surface area contributed by atoms with Gasteiger partial charge in [0.2, 0.25) is 11.8 Å². The molecular formula is C56H78N4O12S. The number of Topliss-reactive ketones (excluding diaryl/α,β-unsaturated/α-hetero) is 2. The first kappa shape index (κ1) is 55.8. The number of rotatable bonds is 25. The molecule has 1 aromatic carbocycles. The van der Waals surface area contributed by atoms with Gasteiger partial charge in [-0.3, -0.25) is 19.2 Å². The minimum Gasteiger partial charge on any atom is -0.506 e. The summed E-state index contributed by atoms with van der Waals surface area (Å²) in [5.41, 5.74) is 0.788. The number of hydrogen-bond donors (Lipinski definition) is 5. The highest BCUT2D eigenvalue weighted by atomic mass is 32.2. The maximum atomic E-state index is 14.9. The zero-order valence-corrected chi connectivity index (χ0v) is 44.9. The lowest BCUT2D eigenvalue weighted by atomic mass is 9.69. The number of aromatic hydroxyl groups is 1. The molecule has 4 amide bonds. The first-order valence-electron chi connectivity index (χ1n) is 26.2. The standard InChI is InChI=1S/C56H78N4O12S/c1-34(2)12-11-20-55(8)22-19-38-46(62)44-47(63)40-32-37-18-21-54(6,7)72-56(50(37)64,51(40)70-49(44)39(48(38)71-55)16-15-35(3)4)23-17-36(5)52(65)58-25-27-68-29-31-69-30-28-67-26-24-57-43(61)14-10-9-13-42-45-41(33-73-42)59-53(66)60-45/h12,15,17,19,22,32,37,41-42,45,51,62H,9-11,13-14,16,18,20-21,23-31,33H2,1-8H3,(H,57,61)(H,58,65)(H2,59,60,66)/b36-17-. The summed E-state index contributed by atoms with van der Waals surface area (Å²) in [7, 11) is 0. The molecule has 0 saturated carbocycles. The van der Waals surface area contributed by atoms with Crippen LogP contribution in [0, 0.1) is 5.92 Å². The lowest BCUT2D eigenvalue weighted by Gasteiger charge is -2.47. The van der Waals surface area contributed by atoms with Crippen LogP contribution in [0.25, 0.3) is 6.08 Å². The SMILES string of the molecule is CC(C)=CCCC1(C)C=Cc2c(O)c3c(c(CC=C(C)C)c2O1)OC1C(=CC2CCC(C)(C)OC1(C/C=C(/C)C(=O)NCCOCCOCCOCCNC(=O)CCCCC1SCC4NC(=O)NC41)C2=O)C3=O. The lowest BCUT2D eigenvalue weighted by Crippen LogP contribution is -2.62. The lowest BCUT2D eigenvalue weighted by molar-refractivity contribution is -0.184. The molecule has 17 heteroatoms. The van der Waals surface area contributed by atoms with E-state index in [0.717, 1.165) is 37.0 Å². The number of nitrogens with one attached hydrogen (secondary N) is 4. The molecule has 1 aromatic rings. The smallest absolute Gasteiger partial charge is 0.315 e. The summed E-state index contributed by atoms with van der Waals surface area (Å²) in [5, 5.41) is 24.1. The number of ketones is 2. The number of allylic oxidation sites excluding steroid dienone is 5. The first-order chi connectivity index (χ1) is 34.8. The number of amides is 4. The molecule has 0 aromatic heterocycles. The number of ether oxygens (including phenoxy) is 6. The first-order valence-corrected chi connectivity index (χ1v) is 27.2. The van der Waals surface area contributed by atoms with Gasteiger partial charge in [-0.25, -0.2) is 4.79 Å². The third-order valence-corrected chi connectivity index (χ3v) is 15.9. The van der Waals surface area contributed by atoms with E-state index in [4.69, 9.17) is 28.4 Å². The number of fused-ring (bicyclic) bond motifs is 7. The van der Waals surface area contributed by atoms with Crippen LogP contribution in [0.3, 0.4) is 0 Å². The third-order valence-electron chi connectivity index (χ3n) is 14.4. The van der Waals surface area contributed by atoms with Gasteiger partial charge in [0, 0.05) is 59.6 Å². The van der Waals surface area contributed by atoms with Crippen molar-refractivity contribution in [1.82, 2.24) is 21.3 Å². The fourth-order valence-electron chi connectivity index (χ4n) is 10.4. The van der Waals surface area contributed by atoms with Gasteiger partial charge in [-0.15, -0.1) is 0 Å². The van der Waals surface area contributed by atoms with Crippen LogP contribution < -0.4 is 30.7 Å². The molecule has 0 spiro atoms. The Morgan fingerprint density at radius 3 is 2.30 bits per heavy atom. The van der Waals surface area contributed by atoms with Crippen LogP contribution in [0.5, 0.6) is 17.2 Å². The normalized spacial score (nSPS) is 26.4. The number of phenolic OH excluding ortho intramolecular Hbond substituents is 1. The maximum absolute atomic E-state index is 14.9. The predicted molar refractivity (Wildman–Crippen MR) is 281 cm³/mol. The molecule has 5 N–H and O–H groups in total. The Morgan fingerprint density at radius 1 is 0.890 bits per heavy atom. The molecular weight excluding hydrogens is 953 g/mol. The number of carbonyl (C=O) groups excluding carboxylic acids is 5.